The summed E-state index contributed by atoms with van der Waals surface area (Å²) in [6, 6.07) is 10.8. The van der Waals surface area contributed by atoms with Crippen LogP contribution < -0.4 is 0 Å². The van der Waals surface area contributed by atoms with Gasteiger partial charge in [0.25, 0.3) is 0 Å². The fraction of sp³-hybridized carbons (Fsp3) is 0.190. The van der Waals surface area contributed by atoms with Crippen molar-refractivity contribution in [2.24, 2.45) is 0 Å². The maximum Gasteiger partial charge on any atom is 0.140 e. The van der Waals surface area contributed by atoms with Crippen LogP contribution in [0.1, 0.15) is 30.0 Å². The van der Waals surface area contributed by atoms with E-state index in [1.165, 1.54) is 18.9 Å². The van der Waals surface area contributed by atoms with Crippen LogP contribution in [-0.2, 0) is 6.54 Å². The van der Waals surface area contributed by atoms with Gasteiger partial charge in [0, 0.05) is 41.0 Å². The normalized spacial score (nSPS) is 14.0. The van der Waals surface area contributed by atoms with Crippen molar-refractivity contribution < 1.29 is 4.39 Å². The van der Waals surface area contributed by atoms with Crippen LogP contribution in [0.15, 0.2) is 61.2 Å². The minimum atomic E-state index is -0.208. The van der Waals surface area contributed by atoms with Crippen molar-refractivity contribution in [3.63, 3.8) is 0 Å². The molecule has 1 fully saturated rings. The summed E-state index contributed by atoms with van der Waals surface area (Å²) in [7, 11) is 0. The van der Waals surface area contributed by atoms with Crippen molar-refractivity contribution in [3.05, 3.63) is 78.3 Å². The molecule has 26 heavy (non-hydrogen) atoms. The molecule has 0 atom stereocenters. The highest BCUT2D eigenvalue weighted by molar-refractivity contribution is 5.92. The summed E-state index contributed by atoms with van der Waals surface area (Å²) in [5.41, 5.74) is 4.32. The lowest BCUT2D eigenvalue weighted by molar-refractivity contribution is 0.601. The zero-order chi connectivity index (χ0) is 17.5. The second kappa shape index (κ2) is 6.02. The standard InChI is InChI=1S/C21H17FN4/c22-18-6-2-1-4-15(18)12-26-13-17(16-5-3-9-23-21(16)26)20-11-24-19(10-25-20)14-7-8-14/h1-6,9-11,13-14H,7-8,12H2. The van der Waals surface area contributed by atoms with Crippen molar-refractivity contribution >= 4 is 11.0 Å². The van der Waals surface area contributed by atoms with E-state index in [2.05, 4.69) is 15.0 Å². The summed E-state index contributed by atoms with van der Waals surface area (Å²) < 4.78 is 16.0. The molecule has 0 amide bonds. The van der Waals surface area contributed by atoms with E-state index in [1.54, 1.807) is 18.3 Å². The Kier molecular flexibility index (Phi) is 3.52. The van der Waals surface area contributed by atoms with Crippen molar-refractivity contribution in [2.45, 2.75) is 25.3 Å². The van der Waals surface area contributed by atoms with Gasteiger partial charge in [-0.25, -0.2) is 9.37 Å². The second-order valence-corrected chi connectivity index (χ2v) is 6.74. The molecule has 4 nitrogen and oxygen atoms in total. The molecule has 1 aliphatic rings. The zero-order valence-electron chi connectivity index (χ0n) is 14.1. The Hall–Kier alpha value is -3.08. The first-order valence-electron chi connectivity index (χ1n) is 8.79. The molecule has 4 aromatic rings. The van der Waals surface area contributed by atoms with Gasteiger partial charge in [-0.2, -0.15) is 0 Å². The Labute approximate surface area is 150 Å². The molecule has 0 unspecified atom stereocenters. The van der Waals surface area contributed by atoms with Crippen molar-refractivity contribution in [3.8, 4) is 11.3 Å². The predicted octanol–water partition coefficient (Wildman–Crippen LogP) is 4.56. The number of benzene rings is 1. The number of aromatic nitrogens is 4. The van der Waals surface area contributed by atoms with Crippen LogP contribution in [0.4, 0.5) is 4.39 Å². The second-order valence-electron chi connectivity index (χ2n) is 6.74. The van der Waals surface area contributed by atoms with Crippen LogP contribution in [0.5, 0.6) is 0 Å². The Morgan fingerprint density at radius 3 is 2.65 bits per heavy atom. The van der Waals surface area contributed by atoms with Gasteiger partial charge in [-0.05, 0) is 31.0 Å². The molecule has 3 heterocycles. The van der Waals surface area contributed by atoms with Crippen LogP contribution in [0.3, 0.4) is 0 Å². The Bertz CT molecular complexity index is 1080. The number of hydrogen-bond acceptors (Lipinski definition) is 3. The third-order valence-corrected chi connectivity index (χ3v) is 4.88. The molecular formula is C21H17FN4. The van der Waals surface area contributed by atoms with E-state index in [0.717, 1.165) is 28.0 Å². The Balaban J connectivity index is 1.59. The van der Waals surface area contributed by atoms with Gasteiger partial charge in [-0.15, -0.1) is 0 Å². The maximum atomic E-state index is 14.1. The summed E-state index contributed by atoms with van der Waals surface area (Å²) in [6.07, 6.45) is 9.88. The van der Waals surface area contributed by atoms with Crippen molar-refractivity contribution in [1.29, 1.82) is 0 Å². The van der Waals surface area contributed by atoms with Crippen LogP contribution in [0.2, 0.25) is 0 Å². The largest absolute Gasteiger partial charge is 0.327 e. The van der Waals surface area contributed by atoms with Gasteiger partial charge >= 0.3 is 0 Å². The third-order valence-electron chi connectivity index (χ3n) is 4.88. The number of fused-ring (bicyclic) bond motifs is 1. The van der Waals surface area contributed by atoms with E-state index in [4.69, 9.17) is 0 Å². The molecule has 5 rings (SSSR count). The van der Waals surface area contributed by atoms with E-state index < -0.39 is 0 Å². The van der Waals surface area contributed by atoms with Crippen LogP contribution in [0, 0.1) is 5.82 Å². The van der Waals surface area contributed by atoms with E-state index in [1.807, 2.05) is 41.4 Å². The average Bonchev–Trinajstić information content (AvgIpc) is 3.47. The highest BCUT2D eigenvalue weighted by Gasteiger charge is 2.25. The lowest BCUT2D eigenvalue weighted by atomic mass is 10.1. The number of pyridine rings is 1. The summed E-state index contributed by atoms with van der Waals surface area (Å²) in [6.45, 7) is 0.424. The summed E-state index contributed by atoms with van der Waals surface area (Å²) in [5, 5.41) is 0.998. The highest BCUT2D eigenvalue weighted by Crippen LogP contribution is 2.39. The number of rotatable bonds is 4. The van der Waals surface area contributed by atoms with Gasteiger partial charge in [-0.1, -0.05) is 18.2 Å². The van der Waals surface area contributed by atoms with Gasteiger partial charge in [0.2, 0.25) is 0 Å². The Morgan fingerprint density at radius 1 is 1.00 bits per heavy atom. The van der Waals surface area contributed by atoms with Crippen LogP contribution >= 0.6 is 0 Å². The summed E-state index contributed by atoms with van der Waals surface area (Å²) >= 11 is 0. The SMILES string of the molecule is Fc1ccccc1Cn1cc(-c2cnc(C3CC3)cn2)c2cccnc21. The lowest BCUT2D eigenvalue weighted by Crippen LogP contribution is -2.01. The van der Waals surface area contributed by atoms with Crippen molar-refractivity contribution in [1.82, 2.24) is 19.5 Å². The van der Waals surface area contributed by atoms with Gasteiger partial charge in [0.05, 0.1) is 24.1 Å². The van der Waals surface area contributed by atoms with E-state index in [9.17, 15) is 4.39 Å². The molecule has 0 spiro atoms. The first kappa shape index (κ1) is 15.2. The quantitative estimate of drug-likeness (QED) is 0.545. The predicted molar refractivity (Wildman–Crippen MR) is 98.2 cm³/mol. The fourth-order valence-corrected chi connectivity index (χ4v) is 3.32. The molecule has 1 aliphatic carbocycles. The van der Waals surface area contributed by atoms with Gasteiger partial charge < -0.3 is 4.57 Å². The van der Waals surface area contributed by atoms with E-state index >= 15 is 0 Å². The molecule has 0 bridgehead atoms. The molecule has 5 heteroatoms. The van der Waals surface area contributed by atoms with Crippen LogP contribution in [0.25, 0.3) is 22.3 Å². The van der Waals surface area contributed by atoms with Crippen LogP contribution in [-0.4, -0.2) is 19.5 Å². The molecule has 0 aliphatic heterocycles. The molecule has 128 valence electrons. The van der Waals surface area contributed by atoms with Gasteiger partial charge in [0.1, 0.15) is 11.5 Å². The Morgan fingerprint density at radius 2 is 1.88 bits per heavy atom. The van der Waals surface area contributed by atoms with E-state index in [0.29, 0.717) is 18.0 Å². The average molecular weight is 344 g/mol. The highest BCUT2D eigenvalue weighted by atomic mass is 19.1. The molecule has 0 N–H and O–H groups in total. The number of hydrogen-bond donors (Lipinski definition) is 0. The molecule has 0 radical (unpaired) electrons. The molecule has 3 aromatic heterocycles. The maximum absolute atomic E-state index is 14.1. The molecule has 1 saturated carbocycles. The number of halogens is 1. The monoisotopic (exact) mass is 344 g/mol. The smallest absolute Gasteiger partial charge is 0.140 e. The van der Waals surface area contributed by atoms with E-state index in [-0.39, 0.29) is 5.82 Å². The third kappa shape index (κ3) is 2.65. The summed E-state index contributed by atoms with van der Waals surface area (Å²) in [5.74, 6) is 0.376. The lowest BCUT2D eigenvalue weighted by Gasteiger charge is -2.05. The fourth-order valence-electron chi connectivity index (χ4n) is 3.32. The first-order chi connectivity index (χ1) is 12.8. The number of nitrogens with zero attached hydrogens (tertiary/aromatic N) is 4. The molecule has 1 aromatic carbocycles. The first-order valence-corrected chi connectivity index (χ1v) is 8.79. The molecular weight excluding hydrogens is 327 g/mol. The van der Waals surface area contributed by atoms with Crippen molar-refractivity contribution in [2.75, 3.05) is 0 Å². The van der Waals surface area contributed by atoms with Gasteiger partial charge in [-0.3, -0.25) is 9.97 Å². The van der Waals surface area contributed by atoms with Gasteiger partial charge in [0.15, 0.2) is 0 Å². The topological polar surface area (TPSA) is 43.6 Å². The zero-order valence-corrected chi connectivity index (χ0v) is 14.1. The molecule has 0 saturated heterocycles. The minimum Gasteiger partial charge on any atom is -0.327 e. The minimum absolute atomic E-state index is 0.208. The summed E-state index contributed by atoms with van der Waals surface area (Å²) in [4.78, 5) is 13.7.